The van der Waals surface area contributed by atoms with Crippen molar-refractivity contribution in [2.75, 3.05) is 20.0 Å². The van der Waals surface area contributed by atoms with Gasteiger partial charge in [0.15, 0.2) is 23.0 Å². The fourth-order valence-electron chi connectivity index (χ4n) is 1.54. The Morgan fingerprint density at radius 3 is 2.33 bits per heavy atom. The number of rotatable bonds is 4. The van der Waals surface area contributed by atoms with E-state index in [-0.39, 0.29) is 0 Å². The summed E-state index contributed by atoms with van der Waals surface area (Å²) in [4.78, 5) is 0. The molecule has 0 amide bonds. The molecule has 0 aliphatic rings. The van der Waals surface area contributed by atoms with Crippen molar-refractivity contribution in [1.82, 2.24) is 9.78 Å². The number of aryl methyl sites for hydroxylation is 1. The van der Waals surface area contributed by atoms with E-state index in [2.05, 4.69) is 5.10 Å². The number of nitrogens with two attached hydrogens (primary N) is 1. The summed E-state index contributed by atoms with van der Waals surface area (Å²) in [5.74, 6) is 2.23. The minimum atomic E-state index is 0.469. The molecule has 1 heterocycles. The Hall–Kier alpha value is -2.37. The number of benzene rings is 1. The van der Waals surface area contributed by atoms with Gasteiger partial charge in [0.05, 0.1) is 32.3 Å². The van der Waals surface area contributed by atoms with E-state index in [9.17, 15) is 0 Å². The second-order valence-electron chi connectivity index (χ2n) is 3.70. The third-order valence-corrected chi connectivity index (χ3v) is 2.42. The average Bonchev–Trinajstić information content (AvgIpc) is 2.77. The Labute approximate surface area is 105 Å². The van der Waals surface area contributed by atoms with Crippen LogP contribution in [0.25, 0.3) is 0 Å². The van der Waals surface area contributed by atoms with Crippen LogP contribution in [0.1, 0.15) is 0 Å². The van der Waals surface area contributed by atoms with Crippen LogP contribution in [-0.2, 0) is 7.05 Å². The summed E-state index contributed by atoms with van der Waals surface area (Å²) >= 11 is 0. The smallest absolute Gasteiger partial charge is 0.165 e. The molecule has 18 heavy (non-hydrogen) atoms. The van der Waals surface area contributed by atoms with Gasteiger partial charge in [0.25, 0.3) is 0 Å². The SMILES string of the molecule is COc1cc(N)c(Oc2cnn(C)c2)cc1OC. The Morgan fingerprint density at radius 2 is 1.78 bits per heavy atom. The molecule has 6 nitrogen and oxygen atoms in total. The summed E-state index contributed by atoms with van der Waals surface area (Å²) in [5, 5.41) is 4.01. The monoisotopic (exact) mass is 249 g/mol. The van der Waals surface area contributed by atoms with Gasteiger partial charge in [0.1, 0.15) is 0 Å². The van der Waals surface area contributed by atoms with Crippen LogP contribution >= 0.6 is 0 Å². The predicted molar refractivity (Wildman–Crippen MR) is 67.2 cm³/mol. The molecule has 2 aromatic rings. The van der Waals surface area contributed by atoms with Crippen LogP contribution in [0.2, 0.25) is 0 Å². The number of hydrogen-bond donors (Lipinski definition) is 1. The van der Waals surface area contributed by atoms with Gasteiger partial charge in [-0.2, -0.15) is 5.10 Å². The highest BCUT2D eigenvalue weighted by atomic mass is 16.5. The van der Waals surface area contributed by atoms with Gasteiger partial charge in [-0.1, -0.05) is 0 Å². The summed E-state index contributed by atoms with van der Waals surface area (Å²) in [6, 6.07) is 3.34. The number of nitrogen functional groups attached to an aromatic ring is 1. The second kappa shape index (κ2) is 4.87. The molecule has 6 heteroatoms. The number of methoxy groups -OCH3 is 2. The first kappa shape index (κ1) is 12.1. The first-order chi connectivity index (χ1) is 8.63. The van der Waals surface area contributed by atoms with E-state index < -0.39 is 0 Å². The van der Waals surface area contributed by atoms with Gasteiger partial charge in [0.2, 0.25) is 0 Å². The fourth-order valence-corrected chi connectivity index (χ4v) is 1.54. The van der Waals surface area contributed by atoms with Gasteiger partial charge in [-0.25, -0.2) is 0 Å². The topological polar surface area (TPSA) is 71.5 Å². The van der Waals surface area contributed by atoms with E-state index in [0.29, 0.717) is 28.7 Å². The highest BCUT2D eigenvalue weighted by molar-refractivity contribution is 5.62. The lowest BCUT2D eigenvalue weighted by atomic mass is 10.2. The summed E-state index contributed by atoms with van der Waals surface area (Å²) in [6.07, 6.45) is 3.35. The lowest BCUT2D eigenvalue weighted by molar-refractivity contribution is 0.352. The van der Waals surface area contributed by atoms with Crippen LogP contribution in [0.5, 0.6) is 23.0 Å². The summed E-state index contributed by atoms with van der Waals surface area (Å²) in [6.45, 7) is 0. The largest absolute Gasteiger partial charge is 0.493 e. The first-order valence-electron chi connectivity index (χ1n) is 5.32. The molecule has 1 aromatic carbocycles. The Morgan fingerprint density at radius 1 is 1.11 bits per heavy atom. The van der Waals surface area contributed by atoms with Gasteiger partial charge in [-0.05, 0) is 0 Å². The van der Waals surface area contributed by atoms with Gasteiger partial charge >= 0.3 is 0 Å². The van der Waals surface area contributed by atoms with Crippen LogP contribution in [0.15, 0.2) is 24.5 Å². The minimum absolute atomic E-state index is 0.469. The van der Waals surface area contributed by atoms with E-state index in [4.69, 9.17) is 19.9 Å². The second-order valence-corrected chi connectivity index (χ2v) is 3.70. The van der Waals surface area contributed by atoms with Crippen LogP contribution in [0, 0.1) is 0 Å². The molecule has 0 fully saturated rings. The molecule has 0 radical (unpaired) electrons. The summed E-state index contributed by atoms with van der Waals surface area (Å²) in [7, 11) is 4.92. The van der Waals surface area contributed by atoms with Crippen LogP contribution < -0.4 is 19.9 Å². The molecule has 0 spiro atoms. The molecule has 96 valence electrons. The van der Waals surface area contributed by atoms with E-state index >= 15 is 0 Å². The maximum Gasteiger partial charge on any atom is 0.165 e. The molecule has 0 aliphatic heterocycles. The Kier molecular flexibility index (Phi) is 3.27. The van der Waals surface area contributed by atoms with Gasteiger partial charge in [-0.3, -0.25) is 4.68 Å². The van der Waals surface area contributed by atoms with Crippen molar-refractivity contribution in [2.45, 2.75) is 0 Å². The van der Waals surface area contributed by atoms with Crippen molar-refractivity contribution in [3.8, 4) is 23.0 Å². The molecule has 0 saturated heterocycles. The number of aromatic nitrogens is 2. The molecule has 0 unspecified atom stereocenters. The number of ether oxygens (including phenoxy) is 3. The predicted octanol–water partition coefficient (Wildman–Crippen LogP) is 1.81. The van der Waals surface area contributed by atoms with Crippen molar-refractivity contribution >= 4 is 5.69 Å². The van der Waals surface area contributed by atoms with Crippen molar-refractivity contribution in [1.29, 1.82) is 0 Å². The van der Waals surface area contributed by atoms with Crippen LogP contribution in [-0.4, -0.2) is 24.0 Å². The Bertz CT molecular complexity index is 551. The maximum absolute atomic E-state index is 5.89. The van der Waals surface area contributed by atoms with E-state index in [1.54, 1.807) is 43.4 Å². The highest BCUT2D eigenvalue weighted by Crippen LogP contribution is 2.38. The van der Waals surface area contributed by atoms with Crippen molar-refractivity contribution in [3.05, 3.63) is 24.5 Å². The van der Waals surface area contributed by atoms with E-state index in [0.717, 1.165) is 0 Å². The molecule has 2 rings (SSSR count). The number of anilines is 1. The molecule has 2 N–H and O–H groups in total. The molecule has 0 atom stereocenters. The number of nitrogens with zero attached hydrogens (tertiary/aromatic N) is 2. The quantitative estimate of drug-likeness (QED) is 0.837. The molecule has 0 saturated carbocycles. The molecule has 0 bridgehead atoms. The number of hydrogen-bond acceptors (Lipinski definition) is 5. The molecule has 1 aromatic heterocycles. The van der Waals surface area contributed by atoms with Gasteiger partial charge in [-0.15, -0.1) is 0 Å². The normalized spacial score (nSPS) is 10.2. The van der Waals surface area contributed by atoms with E-state index in [1.807, 2.05) is 7.05 Å². The Balaban J connectivity index is 2.33. The molecular formula is C12H15N3O3. The fraction of sp³-hybridized carbons (Fsp3) is 0.250. The zero-order valence-electron chi connectivity index (χ0n) is 10.5. The molecular weight excluding hydrogens is 234 g/mol. The van der Waals surface area contributed by atoms with Gasteiger partial charge < -0.3 is 19.9 Å². The van der Waals surface area contributed by atoms with Crippen molar-refractivity contribution < 1.29 is 14.2 Å². The van der Waals surface area contributed by atoms with Crippen LogP contribution in [0.4, 0.5) is 5.69 Å². The standard InChI is InChI=1S/C12H15N3O3/c1-15-7-8(6-14-15)18-10-5-12(17-3)11(16-2)4-9(10)13/h4-7H,13H2,1-3H3. The maximum atomic E-state index is 5.89. The summed E-state index contributed by atoms with van der Waals surface area (Å²) in [5.41, 5.74) is 6.36. The minimum Gasteiger partial charge on any atom is -0.493 e. The zero-order chi connectivity index (χ0) is 13.1. The van der Waals surface area contributed by atoms with Crippen molar-refractivity contribution in [2.24, 2.45) is 7.05 Å². The lowest BCUT2D eigenvalue weighted by Gasteiger charge is -2.12. The summed E-state index contributed by atoms with van der Waals surface area (Å²) < 4.78 is 17.6. The average molecular weight is 249 g/mol. The third-order valence-electron chi connectivity index (χ3n) is 2.42. The van der Waals surface area contributed by atoms with E-state index in [1.165, 1.54) is 0 Å². The first-order valence-corrected chi connectivity index (χ1v) is 5.32. The van der Waals surface area contributed by atoms with Gasteiger partial charge in [0, 0.05) is 19.2 Å². The zero-order valence-corrected chi connectivity index (χ0v) is 10.5. The van der Waals surface area contributed by atoms with Crippen LogP contribution in [0.3, 0.4) is 0 Å². The lowest BCUT2D eigenvalue weighted by Crippen LogP contribution is -1.96. The highest BCUT2D eigenvalue weighted by Gasteiger charge is 2.11. The van der Waals surface area contributed by atoms with Crippen molar-refractivity contribution in [3.63, 3.8) is 0 Å². The third kappa shape index (κ3) is 2.32. The molecule has 0 aliphatic carbocycles.